The zero-order valence-electron chi connectivity index (χ0n) is 22.0. The predicted octanol–water partition coefficient (Wildman–Crippen LogP) is 7.54. The lowest BCUT2D eigenvalue weighted by molar-refractivity contribution is -0.371. The van der Waals surface area contributed by atoms with Crippen LogP contribution in [0.1, 0.15) is 81.8 Å². The molecule has 0 aromatic heterocycles. The van der Waals surface area contributed by atoms with Gasteiger partial charge in [-0.05, 0) is 96.8 Å². The third kappa shape index (κ3) is 4.77. The van der Waals surface area contributed by atoms with Crippen LogP contribution in [0.3, 0.4) is 0 Å². The molecule has 3 aliphatic carbocycles. The summed E-state index contributed by atoms with van der Waals surface area (Å²) >= 11 is 0. The maximum atomic E-state index is 13.8. The van der Waals surface area contributed by atoms with Gasteiger partial charge in [-0.2, -0.15) is 30.7 Å². The first kappa shape index (κ1) is 30.2. The Morgan fingerprint density at radius 1 is 1.08 bits per heavy atom. The molecular formula is C29H37F7O3. The third-order valence-electron chi connectivity index (χ3n) is 10.1. The van der Waals surface area contributed by atoms with Gasteiger partial charge in [-0.25, -0.2) is 0 Å². The summed E-state index contributed by atoms with van der Waals surface area (Å²) in [6, 6.07) is 5.37. The molecule has 2 saturated carbocycles. The topological polar surface area (TPSA) is 60.7 Å². The first-order valence-corrected chi connectivity index (χ1v) is 13.7. The maximum absolute atomic E-state index is 13.8. The van der Waals surface area contributed by atoms with Gasteiger partial charge in [0, 0.05) is 0 Å². The van der Waals surface area contributed by atoms with Gasteiger partial charge in [0.1, 0.15) is 11.9 Å². The zero-order chi connectivity index (χ0) is 29.0. The minimum Gasteiger partial charge on any atom is -0.508 e. The standard InChI is InChI=1S/C29H37F7O3/c1-3-26-14-13-17-15-19(37)9-10-20(17)24(26)18(16-25(2)21(26)11-12-22(25)38)7-5-4-6-8-23(39)27(30,31)28(32,33)29(34,35)36/h3,9-10,15,18,21-24,37-39H,1,4-8,11-14,16H2,2H3/t18?,21?,22?,23?,24?,25-,26?/m0/s1. The number of unbranched alkanes of at least 4 members (excludes halogenated alkanes) is 2. The van der Waals surface area contributed by atoms with Gasteiger partial charge in [-0.15, -0.1) is 6.58 Å². The van der Waals surface area contributed by atoms with E-state index in [-0.39, 0.29) is 47.2 Å². The molecule has 1 aromatic rings. The Morgan fingerprint density at radius 2 is 1.77 bits per heavy atom. The first-order valence-electron chi connectivity index (χ1n) is 13.7. The van der Waals surface area contributed by atoms with Crippen molar-refractivity contribution in [1.82, 2.24) is 0 Å². The molecule has 220 valence electrons. The van der Waals surface area contributed by atoms with Crippen molar-refractivity contribution in [2.75, 3.05) is 0 Å². The molecular weight excluding hydrogens is 529 g/mol. The Balaban J connectivity index is 1.49. The number of aromatic hydroxyl groups is 1. The number of benzene rings is 1. The third-order valence-corrected chi connectivity index (χ3v) is 10.1. The van der Waals surface area contributed by atoms with Crippen molar-refractivity contribution in [1.29, 1.82) is 0 Å². The van der Waals surface area contributed by atoms with E-state index in [0.29, 0.717) is 19.3 Å². The molecule has 3 aliphatic rings. The van der Waals surface area contributed by atoms with E-state index in [1.165, 1.54) is 0 Å². The molecule has 7 atom stereocenters. The molecule has 3 N–H and O–H groups in total. The molecule has 0 amide bonds. The number of halogens is 7. The smallest absolute Gasteiger partial charge is 0.459 e. The number of aliphatic hydroxyl groups is 2. The van der Waals surface area contributed by atoms with E-state index in [4.69, 9.17) is 0 Å². The summed E-state index contributed by atoms with van der Waals surface area (Å²) in [6.45, 7) is 6.33. The fraction of sp³-hybridized carbons (Fsp3) is 0.724. The van der Waals surface area contributed by atoms with Crippen molar-refractivity contribution in [3.05, 3.63) is 42.0 Å². The molecule has 0 aliphatic heterocycles. The number of alkyl halides is 7. The molecule has 0 saturated heterocycles. The Bertz CT molecular complexity index is 1060. The van der Waals surface area contributed by atoms with Crippen LogP contribution in [-0.2, 0) is 6.42 Å². The molecule has 0 radical (unpaired) electrons. The van der Waals surface area contributed by atoms with Crippen LogP contribution in [0, 0.1) is 22.7 Å². The summed E-state index contributed by atoms with van der Waals surface area (Å²) in [7, 11) is 0. The highest BCUT2D eigenvalue weighted by Crippen LogP contribution is 2.69. The average molecular weight is 567 g/mol. The number of aryl methyl sites for hydroxylation is 1. The molecule has 0 spiro atoms. The lowest BCUT2D eigenvalue weighted by Crippen LogP contribution is -2.57. The van der Waals surface area contributed by atoms with Crippen molar-refractivity contribution in [3.63, 3.8) is 0 Å². The van der Waals surface area contributed by atoms with E-state index >= 15 is 0 Å². The Labute approximate surface area is 224 Å². The second-order valence-electron chi connectivity index (χ2n) is 12.1. The van der Waals surface area contributed by atoms with E-state index < -0.39 is 36.7 Å². The van der Waals surface area contributed by atoms with Crippen LogP contribution >= 0.6 is 0 Å². The van der Waals surface area contributed by atoms with Crippen LogP contribution < -0.4 is 0 Å². The summed E-state index contributed by atoms with van der Waals surface area (Å²) in [4.78, 5) is 0. The summed E-state index contributed by atoms with van der Waals surface area (Å²) in [5.74, 6) is -11.4. The molecule has 3 nitrogen and oxygen atoms in total. The highest BCUT2D eigenvalue weighted by Gasteiger charge is 2.75. The van der Waals surface area contributed by atoms with E-state index in [1.807, 2.05) is 12.1 Å². The normalized spacial score (nSPS) is 33.7. The maximum Gasteiger partial charge on any atom is 0.459 e. The van der Waals surface area contributed by atoms with Gasteiger partial charge in [0.05, 0.1) is 6.10 Å². The van der Waals surface area contributed by atoms with Crippen LogP contribution in [0.2, 0.25) is 0 Å². The summed E-state index contributed by atoms with van der Waals surface area (Å²) < 4.78 is 91.3. The fourth-order valence-corrected chi connectivity index (χ4v) is 8.19. The van der Waals surface area contributed by atoms with Crippen molar-refractivity contribution in [2.45, 2.75) is 107 Å². The largest absolute Gasteiger partial charge is 0.508 e. The highest BCUT2D eigenvalue weighted by molar-refractivity contribution is 5.43. The summed E-state index contributed by atoms with van der Waals surface area (Å²) in [6.07, 6.45) is -3.83. The van der Waals surface area contributed by atoms with Crippen LogP contribution in [0.5, 0.6) is 5.75 Å². The van der Waals surface area contributed by atoms with Crippen LogP contribution in [0.15, 0.2) is 30.9 Å². The summed E-state index contributed by atoms with van der Waals surface area (Å²) in [5.41, 5.74) is 1.56. The van der Waals surface area contributed by atoms with E-state index in [2.05, 4.69) is 13.5 Å². The van der Waals surface area contributed by atoms with Crippen molar-refractivity contribution in [3.8, 4) is 5.75 Å². The van der Waals surface area contributed by atoms with Crippen LogP contribution in [0.25, 0.3) is 0 Å². The fourth-order valence-electron chi connectivity index (χ4n) is 8.19. The van der Waals surface area contributed by atoms with Gasteiger partial charge in [0.2, 0.25) is 0 Å². The van der Waals surface area contributed by atoms with E-state index in [9.17, 15) is 46.1 Å². The molecule has 0 heterocycles. The molecule has 39 heavy (non-hydrogen) atoms. The zero-order valence-corrected chi connectivity index (χ0v) is 22.0. The number of allylic oxidation sites excluding steroid dienone is 1. The average Bonchev–Trinajstić information content (AvgIpc) is 3.16. The SMILES string of the molecule is C=CC12CCc3cc(O)ccc3C1C(CCCCCC(O)C(F)(F)C(F)(F)C(F)(F)F)C[C@]1(C)C(O)CCC21. The molecule has 2 fully saturated rings. The molecule has 6 unspecified atom stereocenters. The van der Waals surface area contributed by atoms with Gasteiger partial charge in [0.25, 0.3) is 0 Å². The van der Waals surface area contributed by atoms with Gasteiger partial charge in [-0.3, -0.25) is 0 Å². The van der Waals surface area contributed by atoms with Crippen LogP contribution in [0.4, 0.5) is 30.7 Å². The van der Waals surface area contributed by atoms with Crippen molar-refractivity contribution < 1.29 is 46.1 Å². The molecule has 1 aromatic carbocycles. The monoisotopic (exact) mass is 566 g/mol. The molecule has 0 bridgehead atoms. The number of fused-ring (bicyclic) bond motifs is 5. The number of hydrogen-bond acceptors (Lipinski definition) is 3. The second-order valence-corrected chi connectivity index (χ2v) is 12.1. The Hall–Kier alpha value is -1.81. The van der Waals surface area contributed by atoms with Gasteiger partial charge < -0.3 is 15.3 Å². The Morgan fingerprint density at radius 3 is 2.41 bits per heavy atom. The Kier molecular flexibility index (Phi) is 7.91. The lowest BCUT2D eigenvalue weighted by Gasteiger charge is -2.60. The summed E-state index contributed by atoms with van der Waals surface area (Å²) in [5, 5.41) is 30.6. The van der Waals surface area contributed by atoms with Crippen LogP contribution in [-0.4, -0.2) is 45.5 Å². The number of aliphatic hydroxyl groups excluding tert-OH is 2. The quantitative estimate of drug-likeness (QED) is 0.165. The minimum absolute atomic E-state index is 0.0584. The molecule has 4 rings (SSSR count). The number of hydrogen-bond donors (Lipinski definition) is 3. The minimum atomic E-state index is -6.47. The second kappa shape index (κ2) is 10.2. The van der Waals surface area contributed by atoms with E-state index in [0.717, 1.165) is 36.8 Å². The predicted molar refractivity (Wildman–Crippen MR) is 132 cm³/mol. The number of rotatable bonds is 9. The number of phenolic OH excluding ortho intramolecular Hbond substituents is 1. The number of phenols is 1. The van der Waals surface area contributed by atoms with Gasteiger partial charge in [-0.1, -0.05) is 38.3 Å². The van der Waals surface area contributed by atoms with E-state index in [1.54, 1.807) is 12.1 Å². The van der Waals surface area contributed by atoms with Gasteiger partial charge in [0.15, 0.2) is 0 Å². The van der Waals surface area contributed by atoms with Gasteiger partial charge >= 0.3 is 18.0 Å². The molecule has 10 heteroatoms. The highest BCUT2D eigenvalue weighted by atomic mass is 19.4. The van der Waals surface area contributed by atoms with Crippen molar-refractivity contribution in [2.24, 2.45) is 22.7 Å². The van der Waals surface area contributed by atoms with Crippen molar-refractivity contribution >= 4 is 0 Å². The first-order chi connectivity index (χ1) is 18.0. The lowest BCUT2D eigenvalue weighted by atomic mass is 9.44.